The molecule has 0 aromatic carbocycles. The fourth-order valence-electron chi connectivity index (χ4n) is 2.34. The molecule has 0 atom stereocenters. The van der Waals surface area contributed by atoms with Gasteiger partial charge in [-0.15, -0.1) is 11.3 Å². The molecule has 0 unspecified atom stereocenters. The van der Waals surface area contributed by atoms with Crippen molar-refractivity contribution in [2.45, 2.75) is 30.0 Å². The van der Waals surface area contributed by atoms with Gasteiger partial charge in [0.25, 0.3) is 0 Å². The molecule has 7 heteroatoms. The first kappa shape index (κ1) is 19.1. The lowest BCUT2D eigenvalue weighted by molar-refractivity contribution is 0.0727. The summed E-state index contributed by atoms with van der Waals surface area (Å²) in [5, 5.41) is 2.03. The van der Waals surface area contributed by atoms with E-state index >= 15 is 0 Å². The summed E-state index contributed by atoms with van der Waals surface area (Å²) in [5.74, 6) is 3.86. The average molecular weight is 426 g/mol. The van der Waals surface area contributed by atoms with Gasteiger partial charge in [-0.05, 0) is 59.2 Å². The van der Waals surface area contributed by atoms with Crippen LogP contribution in [0.5, 0.6) is 0 Å². The van der Waals surface area contributed by atoms with Crippen molar-refractivity contribution in [2.24, 2.45) is 11.8 Å². The fraction of sp³-hybridized carbons (Fsp3) is 0.800. The van der Waals surface area contributed by atoms with Crippen LogP contribution in [0.3, 0.4) is 0 Å². The number of thiol groups is 1. The Hall–Kier alpha value is 0.730. The van der Waals surface area contributed by atoms with Crippen LogP contribution in [0.25, 0.3) is 0 Å². The lowest BCUT2D eigenvalue weighted by Crippen LogP contribution is -2.17. The molecule has 0 saturated carbocycles. The molecule has 2 saturated heterocycles. The van der Waals surface area contributed by atoms with Gasteiger partial charge in [0.15, 0.2) is 4.34 Å². The van der Waals surface area contributed by atoms with E-state index < -0.39 is 0 Å². The summed E-state index contributed by atoms with van der Waals surface area (Å²) >= 11 is 11.2. The maximum Gasteiger partial charge on any atom is 0.151 e. The van der Waals surface area contributed by atoms with E-state index in [9.17, 15) is 0 Å². The SMILES string of the molecule is Brc1csc(SCC2CCOCC2)n1.SCC1CCOCC1. The van der Waals surface area contributed by atoms with Crippen LogP contribution in [0.15, 0.2) is 14.3 Å². The van der Waals surface area contributed by atoms with Crippen molar-refractivity contribution in [1.29, 1.82) is 0 Å². The van der Waals surface area contributed by atoms with E-state index in [1.807, 2.05) is 17.1 Å². The molecule has 126 valence electrons. The van der Waals surface area contributed by atoms with E-state index in [0.717, 1.165) is 48.6 Å². The number of thiazole rings is 1. The first-order valence-electron chi connectivity index (χ1n) is 7.78. The molecule has 3 heterocycles. The van der Waals surface area contributed by atoms with Crippen LogP contribution in [0.1, 0.15) is 25.7 Å². The molecule has 22 heavy (non-hydrogen) atoms. The minimum Gasteiger partial charge on any atom is -0.381 e. The third-order valence-corrected chi connectivity index (χ3v) is 7.32. The summed E-state index contributed by atoms with van der Waals surface area (Å²) in [7, 11) is 0. The van der Waals surface area contributed by atoms with Gasteiger partial charge in [0.1, 0.15) is 4.60 Å². The molecule has 1 aromatic heterocycles. The van der Waals surface area contributed by atoms with Crippen molar-refractivity contribution in [3.63, 3.8) is 0 Å². The highest BCUT2D eigenvalue weighted by atomic mass is 79.9. The van der Waals surface area contributed by atoms with Gasteiger partial charge < -0.3 is 9.47 Å². The van der Waals surface area contributed by atoms with Crippen LogP contribution in [0, 0.1) is 11.8 Å². The molecule has 2 aliphatic rings. The quantitative estimate of drug-likeness (QED) is 0.555. The second kappa shape index (κ2) is 11.3. The van der Waals surface area contributed by atoms with Gasteiger partial charge in [0.2, 0.25) is 0 Å². The van der Waals surface area contributed by atoms with Crippen molar-refractivity contribution < 1.29 is 9.47 Å². The average Bonchev–Trinajstić information content (AvgIpc) is 3.01. The maximum absolute atomic E-state index is 5.33. The number of thioether (sulfide) groups is 1. The Kier molecular flexibility index (Phi) is 9.80. The van der Waals surface area contributed by atoms with Gasteiger partial charge in [-0.3, -0.25) is 0 Å². The van der Waals surface area contributed by atoms with Crippen LogP contribution in [0.4, 0.5) is 0 Å². The highest BCUT2D eigenvalue weighted by molar-refractivity contribution is 9.10. The predicted octanol–water partition coefficient (Wildman–Crippen LogP) is 4.77. The molecule has 0 aliphatic carbocycles. The molecular formula is C15H24BrNO2S3. The number of hydrogen-bond donors (Lipinski definition) is 1. The van der Waals surface area contributed by atoms with Gasteiger partial charge >= 0.3 is 0 Å². The van der Waals surface area contributed by atoms with E-state index in [0.29, 0.717) is 0 Å². The summed E-state index contributed by atoms with van der Waals surface area (Å²) in [6.07, 6.45) is 4.84. The van der Waals surface area contributed by atoms with E-state index in [4.69, 9.17) is 9.47 Å². The van der Waals surface area contributed by atoms with Gasteiger partial charge in [-0.2, -0.15) is 12.6 Å². The molecule has 1 aromatic rings. The highest BCUT2D eigenvalue weighted by Gasteiger charge is 2.14. The van der Waals surface area contributed by atoms with E-state index in [1.54, 1.807) is 11.3 Å². The van der Waals surface area contributed by atoms with Gasteiger partial charge in [0, 0.05) is 37.6 Å². The maximum atomic E-state index is 5.33. The van der Waals surface area contributed by atoms with Crippen LogP contribution in [-0.4, -0.2) is 42.9 Å². The Balaban J connectivity index is 0.000000188. The summed E-state index contributed by atoms with van der Waals surface area (Å²) in [4.78, 5) is 4.36. The lowest BCUT2D eigenvalue weighted by atomic mass is 10.0. The summed E-state index contributed by atoms with van der Waals surface area (Å²) in [5.41, 5.74) is 0. The zero-order valence-corrected chi connectivity index (χ0v) is 16.8. The molecule has 3 rings (SSSR count). The molecular weight excluding hydrogens is 402 g/mol. The summed E-state index contributed by atoms with van der Waals surface area (Å²) < 4.78 is 12.6. The van der Waals surface area contributed by atoms with Gasteiger partial charge in [0.05, 0.1) is 0 Å². The zero-order valence-electron chi connectivity index (χ0n) is 12.7. The number of rotatable bonds is 4. The van der Waals surface area contributed by atoms with E-state index in [1.165, 1.54) is 35.8 Å². The second-order valence-corrected chi connectivity index (χ2v) is 8.84. The predicted molar refractivity (Wildman–Crippen MR) is 101 cm³/mol. The molecule has 2 aliphatic heterocycles. The Morgan fingerprint density at radius 3 is 2.18 bits per heavy atom. The summed E-state index contributed by atoms with van der Waals surface area (Å²) in [6.45, 7) is 3.77. The normalized spacial score (nSPS) is 20.5. The van der Waals surface area contributed by atoms with Crippen LogP contribution >= 0.6 is 51.7 Å². The third kappa shape index (κ3) is 7.53. The Labute approximate surface area is 155 Å². The number of aromatic nitrogens is 1. The topological polar surface area (TPSA) is 31.4 Å². The zero-order chi connectivity index (χ0) is 15.6. The molecule has 0 bridgehead atoms. The highest BCUT2D eigenvalue weighted by Crippen LogP contribution is 2.29. The molecule has 0 N–H and O–H groups in total. The largest absolute Gasteiger partial charge is 0.381 e. The van der Waals surface area contributed by atoms with Crippen LogP contribution in [0.2, 0.25) is 0 Å². The van der Waals surface area contributed by atoms with Gasteiger partial charge in [-0.1, -0.05) is 11.8 Å². The third-order valence-electron chi connectivity index (χ3n) is 3.84. The Bertz CT molecular complexity index is 407. The Morgan fingerprint density at radius 1 is 1.14 bits per heavy atom. The van der Waals surface area contributed by atoms with E-state index in [-0.39, 0.29) is 0 Å². The van der Waals surface area contributed by atoms with Crippen molar-refractivity contribution in [1.82, 2.24) is 4.98 Å². The number of nitrogens with zero attached hydrogens (tertiary/aromatic N) is 1. The van der Waals surface area contributed by atoms with Gasteiger partial charge in [-0.25, -0.2) is 4.98 Å². The number of ether oxygens (including phenoxy) is 2. The van der Waals surface area contributed by atoms with Crippen molar-refractivity contribution >= 4 is 51.7 Å². The molecule has 0 amide bonds. The first-order valence-corrected chi connectivity index (χ1v) is 11.1. The number of hydrogen-bond acceptors (Lipinski definition) is 6. The second-order valence-electron chi connectivity index (χ2n) is 5.54. The van der Waals surface area contributed by atoms with Crippen LogP contribution < -0.4 is 0 Å². The lowest BCUT2D eigenvalue weighted by Gasteiger charge is -2.20. The van der Waals surface area contributed by atoms with Crippen molar-refractivity contribution in [3.8, 4) is 0 Å². The first-order chi connectivity index (χ1) is 10.8. The Morgan fingerprint density at radius 2 is 1.73 bits per heavy atom. The minimum atomic E-state index is 0.816. The smallest absolute Gasteiger partial charge is 0.151 e. The standard InChI is InChI=1S/C9H12BrNOS2.C6H12OS/c10-8-6-14-9(11-8)13-5-7-1-3-12-4-2-7;8-5-6-1-3-7-4-2-6/h6-7H,1-5H2;6,8H,1-5H2. The van der Waals surface area contributed by atoms with Crippen LogP contribution in [-0.2, 0) is 9.47 Å². The molecule has 0 radical (unpaired) electrons. The fourth-order valence-corrected chi connectivity index (χ4v) is 5.29. The summed E-state index contributed by atoms with van der Waals surface area (Å²) in [6, 6.07) is 0. The van der Waals surface area contributed by atoms with Crippen molar-refractivity contribution in [3.05, 3.63) is 9.98 Å². The molecule has 3 nitrogen and oxygen atoms in total. The monoisotopic (exact) mass is 425 g/mol. The molecule has 0 spiro atoms. The number of halogens is 1. The minimum absolute atomic E-state index is 0.816. The van der Waals surface area contributed by atoms with Crippen molar-refractivity contribution in [2.75, 3.05) is 37.9 Å². The molecule has 2 fully saturated rings. The van der Waals surface area contributed by atoms with E-state index in [2.05, 4.69) is 33.5 Å².